The zero-order valence-corrected chi connectivity index (χ0v) is 13.7. The first-order valence-electron chi connectivity index (χ1n) is 7.29. The van der Waals surface area contributed by atoms with Crippen LogP contribution >= 0.6 is 22.6 Å². The van der Waals surface area contributed by atoms with Crippen LogP contribution in [-0.4, -0.2) is 50.3 Å². The highest BCUT2D eigenvalue weighted by molar-refractivity contribution is 14.1. The number of ketones is 1. The van der Waals surface area contributed by atoms with Crippen LogP contribution in [0.1, 0.15) is 38.5 Å². The largest absolute Gasteiger partial charge is 0.762 e. The molecule has 1 saturated heterocycles. The number of likely N-dealkylation sites (tertiary alicyclic amines) is 1. The summed E-state index contributed by atoms with van der Waals surface area (Å²) in [5.41, 5.74) is 6.07. The van der Waals surface area contributed by atoms with Crippen molar-refractivity contribution in [2.45, 2.75) is 54.7 Å². The summed E-state index contributed by atoms with van der Waals surface area (Å²) >= 11 is 2.41. The standard InChI is InChI=1S/C13H23IN3O3/c14-10-4-5-13(15)16(7-10)8-12(18)9-2-1-3-11(6-9)17(19)20/h9-11,13,19H,1-8,15H2/q-1. The third-order valence-corrected chi connectivity index (χ3v) is 5.47. The van der Waals surface area contributed by atoms with Crippen molar-refractivity contribution in [3.8, 4) is 0 Å². The quantitative estimate of drug-likeness (QED) is 0.425. The predicted octanol–water partition coefficient (Wildman–Crippen LogP) is 1.49. The minimum Gasteiger partial charge on any atom is -0.762 e. The zero-order chi connectivity index (χ0) is 14.7. The molecule has 0 amide bonds. The van der Waals surface area contributed by atoms with Crippen molar-refractivity contribution >= 4 is 28.4 Å². The Morgan fingerprint density at radius 1 is 1.40 bits per heavy atom. The third kappa shape index (κ3) is 4.35. The number of halogens is 1. The van der Waals surface area contributed by atoms with Crippen molar-refractivity contribution < 1.29 is 10.0 Å². The van der Waals surface area contributed by atoms with Gasteiger partial charge >= 0.3 is 0 Å². The molecule has 0 aromatic heterocycles. The SMILES string of the molecule is NC1CCC(I)CN1CC(=O)C1CCCC(N([O-])O)C1. The Bertz CT molecular complexity index is 343. The van der Waals surface area contributed by atoms with Crippen molar-refractivity contribution in [3.63, 3.8) is 0 Å². The van der Waals surface area contributed by atoms with E-state index in [2.05, 4.69) is 27.5 Å². The highest BCUT2D eigenvalue weighted by Gasteiger charge is 2.31. The van der Waals surface area contributed by atoms with Crippen LogP contribution in [0, 0.1) is 11.1 Å². The number of nitrogens with zero attached hydrogens (tertiary/aromatic N) is 2. The van der Waals surface area contributed by atoms with E-state index in [1.807, 2.05) is 0 Å². The van der Waals surface area contributed by atoms with E-state index >= 15 is 0 Å². The lowest BCUT2D eigenvalue weighted by Crippen LogP contribution is -2.51. The van der Waals surface area contributed by atoms with Crippen molar-refractivity contribution in [3.05, 3.63) is 5.21 Å². The minimum atomic E-state index is -0.426. The maximum Gasteiger partial charge on any atom is 0.150 e. The van der Waals surface area contributed by atoms with Crippen molar-refractivity contribution in [1.82, 2.24) is 10.1 Å². The molecule has 0 spiro atoms. The van der Waals surface area contributed by atoms with Gasteiger partial charge in [0.2, 0.25) is 0 Å². The first kappa shape index (κ1) is 16.6. The van der Waals surface area contributed by atoms with Gasteiger partial charge in [-0.25, -0.2) is 0 Å². The van der Waals surface area contributed by atoms with Gasteiger partial charge in [-0.15, -0.1) is 0 Å². The summed E-state index contributed by atoms with van der Waals surface area (Å²) in [7, 11) is 0. The Balaban J connectivity index is 1.87. The van der Waals surface area contributed by atoms with E-state index in [0.29, 0.717) is 23.3 Å². The molecule has 0 radical (unpaired) electrons. The summed E-state index contributed by atoms with van der Waals surface area (Å²) in [5.74, 6) is 0.0524. The molecule has 0 bridgehead atoms. The summed E-state index contributed by atoms with van der Waals surface area (Å²) in [4.78, 5) is 14.4. The highest BCUT2D eigenvalue weighted by atomic mass is 127. The fraction of sp³-hybridized carbons (Fsp3) is 0.923. The molecule has 1 aliphatic heterocycles. The third-order valence-electron chi connectivity index (χ3n) is 4.45. The second kappa shape index (κ2) is 7.46. The van der Waals surface area contributed by atoms with Crippen LogP contribution < -0.4 is 5.73 Å². The Kier molecular flexibility index (Phi) is 6.18. The molecule has 0 aromatic rings. The number of carbonyl (C=O) groups is 1. The van der Waals surface area contributed by atoms with Crippen molar-refractivity contribution in [1.29, 1.82) is 0 Å². The number of carbonyl (C=O) groups excluding carboxylic acids is 1. The van der Waals surface area contributed by atoms with Gasteiger partial charge in [0, 0.05) is 22.4 Å². The van der Waals surface area contributed by atoms with Crippen LogP contribution in [0.25, 0.3) is 0 Å². The summed E-state index contributed by atoms with van der Waals surface area (Å²) in [6, 6.07) is -0.426. The number of piperidine rings is 1. The van der Waals surface area contributed by atoms with Crippen LogP contribution in [0.2, 0.25) is 0 Å². The second-order valence-corrected chi connectivity index (χ2v) is 7.72. The average Bonchev–Trinajstić information content (AvgIpc) is 2.43. The molecule has 20 heavy (non-hydrogen) atoms. The van der Waals surface area contributed by atoms with Crippen molar-refractivity contribution in [2.24, 2.45) is 11.7 Å². The number of Topliss-reactive ketones (excluding diaryl/α,β-unsaturated/α-hetero) is 1. The number of rotatable bonds is 4. The number of nitrogens with two attached hydrogens (primary N) is 1. The van der Waals surface area contributed by atoms with Crippen LogP contribution in [0.5, 0.6) is 0 Å². The molecule has 0 aromatic carbocycles. The molecule has 2 rings (SSSR count). The van der Waals surface area contributed by atoms with Gasteiger partial charge in [-0.2, -0.15) is 0 Å². The Labute approximate surface area is 133 Å². The van der Waals surface area contributed by atoms with Gasteiger partial charge in [0.25, 0.3) is 0 Å². The number of alkyl halides is 1. The first-order valence-corrected chi connectivity index (χ1v) is 8.53. The molecule has 4 atom stereocenters. The molecule has 1 heterocycles. The van der Waals surface area contributed by atoms with Crippen LogP contribution in [-0.2, 0) is 4.79 Å². The molecule has 2 fully saturated rings. The Morgan fingerprint density at radius 2 is 2.15 bits per heavy atom. The highest BCUT2D eigenvalue weighted by Crippen LogP contribution is 2.28. The first-order chi connectivity index (χ1) is 9.47. The van der Waals surface area contributed by atoms with Crippen LogP contribution in [0.4, 0.5) is 0 Å². The summed E-state index contributed by atoms with van der Waals surface area (Å²) < 4.78 is 0.550. The fourth-order valence-electron chi connectivity index (χ4n) is 3.18. The van der Waals surface area contributed by atoms with Crippen molar-refractivity contribution in [2.75, 3.05) is 13.1 Å². The van der Waals surface area contributed by atoms with Gasteiger partial charge in [0.15, 0.2) is 0 Å². The molecule has 4 unspecified atom stereocenters. The van der Waals surface area contributed by atoms with E-state index in [-0.39, 0.29) is 23.1 Å². The normalized spacial score (nSPS) is 36.2. The van der Waals surface area contributed by atoms with Crippen LogP contribution in [0.15, 0.2) is 0 Å². The van der Waals surface area contributed by atoms with E-state index in [1.54, 1.807) is 0 Å². The molecular weight excluding hydrogens is 373 g/mol. The molecule has 1 saturated carbocycles. The fourth-order valence-corrected chi connectivity index (χ4v) is 4.05. The van der Waals surface area contributed by atoms with Crippen LogP contribution in [0.3, 0.4) is 0 Å². The lowest BCUT2D eigenvalue weighted by Gasteiger charge is -2.39. The summed E-state index contributed by atoms with van der Waals surface area (Å²) in [6.45, 7) is 1.24. The van der Waals surface area contributed by atoms with E-state index < -0.39 is 6.04 Å². The molecule has 1 aliphatic carbocycles. The van der Waals surface area contributed by atoms with E-state index in [0.717, 1.165) is 32.2 Å². The van der Waals surface area contributed by atoms with Gasteiger partial charge in [0.05, 0.1) is 12.7 Å². The monoisotopic (exact) mass is 396 g/mol. The van der Waals surface area contributed by atoms with E-state index in [4.69, 9.17) is 10.9 Å². The number of hydrogen-bond acceptors (Lipinski definition) is 6. The lowest BCUT2D eigenvalue weighted by molar-refractivity contribution is -0.130. The smallest absolute Gasteiger partial charge is 0.150 e. The zero-order valence-electron chi connectivity index (χ0n) is 11.6. The lowest BCUT2D eigenvalue weighted by atomic mass is 9.83. The van der Waals surface area contributed by atoms with Gasteiger partial charge in [0.1, 0.15) is 5.78 Å². The summed E-state index contributed by atoms with van der Waals surface area (Å²) in [5, 5.41) is 20.0. The number of hydroxylamine groups is 2. The molecule has 3 N–H and O–H groups in total. The Morgan fingerprint density at radius 3 is 2.85 bits per heavy atom. The van der Waals surface area contributed by atoms with Gasteiger partial charge in [-0.1, -0.05) is 29.0 Å². The molecule has 7 heteroatoms. The molecular formula is C13H23IN3O3-. The molecule has 116 valence electrons. The minimum absolute atomic E-state index is 0.0208. The van der Waals surface area contributed by atoms with Gasteiger partial charge < -0.3 is 16.1 Å². The molecule has 6 nitrogen and oxygen atoms in total. The maximum atomic E-state index is 12.4. The van der Waals surface area contributed by atoms with Gasteiger partial charge in [-0.05, 0) is 32.1 Å². The second-order valence-electron chi connectivity index (χ2n) is 5.96. The topological polar surface area (TPSA) is 92.9 Å². The predicted molar refractivity (Wildman–Crippen MR) is 84.3 cm³/mol. The average molecular weight is 396 g/mol. The van der Waals surface area contributed by atoms with Gasteiger partial charge in [-0.3, -0.25) is 14.9 Å². The van der Waals surface area contributed by atoms with E-state index in [9.17, 15) is 10.0 Å². The molecule has 2 aliphatic rings. The number of hydrogen-bond donors (Lipinski definition) is 2. The maximum absolute atomic E-state index is 12.4. The summed E-state index contributed by atoms with van der Waals surface area (Å²) in [6.07, 6.45) is 4.78. The Hall–Kier alpha value is 0.200. The van der Waals surface area contributed by atoms with E-state index in [1.165, 1.54) is 0 Å².